The van der Waals surface area contributed by atoms with Gasteiger partial charge in [-0.15, -0.1) is 0 Å². The second kappa shape index (κ2) is 8.92. The Kier molecular flexibility index (Phi) is 6.62. The number of carboxylic acid groups (broad SMARTS) is 1. The van der Waals surface area contributed by atoms with Crippen LogP contribution in [0.5, 0.6) is 0 Å². The summed E-state index contributed by atoms with van der Waals surface area (Å²) in [5, 5.41) is 11.2. The Balaban J connectivity index is 2.10. The number of aliphatic carboxylic acids is 1. The Morgan fingerprint density at radius 3 is 2.24 bits per heavy atom. The molecule has 1 amide bonds. The van der Waals surface area contributed by atoms with Crippen LogP contribution in [0, 0.1) is 0 Å². The maximum Gasteiger partial charge on any atom is 0.326 e. The smallest absolute Gasteiger partial charge is 0.326 e. The molecule has 25 heavy (non-hydrogen) atoms. The predicted molar refractivity (Wildman–Crippen MR) is 89.8 cm³/mol. The van der Waals surface area contributed by atoms with Crippen molar-refractivity contribution in [3.63, 3.8) is 0 Å². The van der Waals surface area contributed by atoms with Crippen molar-refractivity contribution in [2.45, 2.75) is 31.7 Å². The van der Waals surface area contributed by atoms with Crippen molar-refractivity contribution in [3.05, 3.63) is 71.3 Å². The summed E-state index contributed by atoms with van der Waals surface area (Å²) in [6.07, 6.45) is -2.44. The van der Waals surface area contributed by atoms with Gasteiger partial charge < -0.3 is 10.4 Å². The molecule has 4 nitrogen and oxygen atoms in total. The van der Waals surface area contributed by atoms with Gasteiger partial charge in [0.2, 0.25) is 6.43 Å². The van der Waals surface area contributed by atoms with Crippen LogP contribution in [-0.4, -0.2) is 29.5 Å². The van der Waals surface area contributed by atoms with E-state index in [2.05, 4.69) is 5.32 Å². The first-order valence-electron chi connectivity index (χ1n) is 7.91. The van der Waals surface area contributed by atoms with Crippen molar-refractivity contribution in [1.82, 2.24) is 5.32 Å². The molecule has 0 aromatic heterocycles. The van der Waals surface area contributed by atoms with Crippen LogP contribution in [0.15, 0.2) is 54.6 Å². The maximum absolute atomic E-state index is 12.5. The van der Waals surface area contributed by atoms with Crippen molar-refractivity contribution in [1.29, 1.82) is 0 Å². The van der Waals surface area contributed by atoms with E-state index in [0.717, 1.165) is 11.1 Å². The standard InChI is InChI=1S/C19H19F2NO3/c20-17(21)12-16(19(24)25)22-18(23)15-9-5-4-8-14(15)11-10-13-6-2-1-3-7-13/h1-9,16-17H,10-12H2,(H,22,23)(H,24,25). The SMILES string of the molecule is O=C(NC(CC(F)F)C(=O)O)c1ccccc1CCc1ccccc1. The molecule has 2 rings (SSSR count). The van der Waals surface area contributed by atoms with Crippen LogP contribution in [0.1, 0.15) is 27.9 Å². The molecule has 0 aliphatic heterocycles. The van der Waals surface area contributed by atoms with Crippen LogP contribution in [0.25, 0.3) is 0 Å². The first-order valence-corrected chi connectivity index (χ1v) is 7.91. The highest BCUT2D eigenvalue weighted by Crippen LogP contribution is 2.14. The average molecular weight is 347 g/mol. The molecule has 0 aliphatic carbocycles. The van der Waals surface area contributed by atoms with E-state index in [1.807, 2.05) is 30.3 Å². The lowest BCUT2D eigenvalue weighted by Gasteiger charge is -2.16. The van der Waals surface area contributed by atoms with E-state index in [1.165, 1.54) is 0 Å². The van der Waals surface area contributed by atoms with E-state index in [-0.39, 0.29) is 0 Å². The minimum atomic E-state index is -2.81. The minimum absolute atomic E-state index is 0.305. The highest BCUT2D eigenvalue weighted by molar-refractivity contribution is 5.97. The van der Waals surface area contributed by atoms with Crippen molar-refractivity contribution in [3.8, 4) is 0 Å². The van der Waals surface area contributed by atoms with E-state index in [0.29, 0.717) is 18.4 Å². The summed E-state index contributed by atoms with van der Waals surface area (Å²) in [6.45, 7) is 0. The minimum Gasteiger partial charge on any atom is -0.480 e. The van der Waals surface area contributed by atoms with Crippen LogP contribution in [-0.2, 0) is 17.6 Å². The van der Waals surface area contributed by atoms with E-state index >= 15 is 0 Å². The summed E-state index contributed by atoms with van der Waals surface area (Å²) >= 11 is 0. The van der Waals surface area contributed by atoms with Crippen molar-refractivity contribution in [2.24, 2.45) is 0 Å². The topological polar surface area (TPSA) is 66.4 Å². The van der Waals surface area contributed by atoms with Gasteiger partial charge in [0, 0.05) is 12.0 Å². The molecule has 1 atom stereocenters. The van der Waals surface area contributed by atoms with Gasteiger partial charge in [0.05, 0.1) is 0 Å². The highest BCUT2D eigenvalue weighted by Gasteiger charge is 2.25. The molecule has 0 saturated heterocycles. The summed E-state index contributed by atoms with van der Waals surface area (Å²) < 4.78 is 24.9. The van der Waals surface area contributed by atoms with Crippen LogP contribution >= 0.6 is 0 Å². The fraction of sp³-hybridized carbons (Fsp3) is 0.263. The number of aryl methyl sites for hydroxylation is 2. The number of carbonyl (C=O) groups is 2. The molecule has 0 aliphatic rings. The summed E-state index contributed by atoms with van der Waals surface area (Å²) in [4.78, 5) is 23.4. The molecule has 0 spiro atoms. The molecule has 2 N–H and O–H groups in total. The molecule has 0 fully saturated rings. The van der Waals surface area contributed by atoms with Crippen LogP contribution in [0.3, 0.4) is 0 Å². The molecule has 1 unspecified atom stereocenters. The van der Waals surface area contributed by atoms with E-state index < -0.39 is 30.8 Å². The third kappa shape index (κ3) is 5.67. The summed E-state index contributed by atoms with van der Waals surface area (Å²) in [5.41, 5.74) is 2.16. The van der Waals surface area contributed by atoms with Gasteiger partial charge in [-0.1, -0.05) is 48.5 Å². The Labute approximate surface area is 144 Å². The fourth-order valence-corrected chi connectivity index (χ4v) is 2.52. The molecular formula is C19H19F2NO3. The van der Waals surface area contributed by atoms with Crippen molar-refractivity contribution < 1.29 is 23.5 Å². The van der Waals surface area contributed by atoms with Gasteiger partial charge in [0.25, 0.3) is 5.91 Å². The lowest BCUT2D eigenvalue weighted by atomic mass is 9.99. The number of hydrogen-bond donors (Lipinski definition) is 2. The Morgan fingerprint density at radius 2 is 1.60 bits per heavy atom. The monoisotopic (exact) mass is 347 g/mol. The molecule has 0 bridgehead atoms. The molecule has 6 heteroatoms. The van der Waals surface area contributed by atoms with Gasteiger partial charge in [-0.25, -0.2) is 13.6 Å². The predicted octanol–water partition coefficient (Wildman–Crippen LogP) is 3.31. The fourth-order valence-electron chi connectivity index (χ4n) is 2.52. The number of carbonyl (C=O) groups excluding carboxylic acids is 1. The zero-order valence-corrected chi connectivity index (χ0v) is 13.5. The number of alkyl halides is 2. The number of halogens is 2. The number of nitrogens with one attached hydrogen (secondary N) is 1. The van der Waals surface area contributed by atoms with Gasteiger partial charge >= 0.3 is 5.97 Å². The third-order valence-electron chi connectivity index (χ3n) is 3.81. The lowest BCUT2D eigenvalue weighted by Crippen LogP contribution is -2.42. The van der Waals surface area contributed by atoms with Gasteiger partial charge in [0.1, 0.15) is 6.04 Å². The second-order valence-electron chi connectivity index (χ2n) is 5.63. The van der Waals surface area contributed by atoms with Crippen LogP contribution in [0.4, 0.5) is 8.78 Å². The Hall–Kier alpha value is -2.76. The zero-order valence-electron chi connectivity index (χ0n) is 13.5. The summed E-state index contributed by atoms with van der Waals surface area (Å²) in [6, 6.07) is 14.9. The quantitative estimate of drug-likeness (QED) is 0.770. The largest absolute Gasteiger partial charge is 0.480 e. The first kappa shape index (κ1) is 18.6. The molecular weight excluding hydrogens is 328 g/mol. The molecule has 132 valence electrons. The van der Waals surface area contributed by atoms with Crippen LogP contribution in [0.2, 0.25) is 0 Å². The molecule has 0 heterocycles. The number of amides is 1. The molecule has 2 aromatic rings. The number of rotatable bonds is 8. The molecule has 0 saturated carbocycles. The number of benzene rings is 2. The van der Waals surface area contributed by atoms with Gasteiger partial charge in [-0.3, -0.25) is 4.79 Å². The highest BCUT2D eigenvalue weighted by atomic mass is 19.3. The van der Waals surface area contributed by atoms with E-state index in [4.69, 9.17) is 5.11 Å². The van der Waals surface area contributed by atoms with E-state index in [9.17, 15) is 18.4 Å². The number of hydrogen-bond acceptors (Lipinski definition) is 2. The zero-order chi connectivity index (χ0) is 18.2. The maximum atomic E-state index is 12.5. The molecule has 0 radical (unpaired) electrons. The average Bonchev–Trinajstić information content (AvgIpc) is 2.60. The second-order valence-corrected chi connectivity index (χ2v) is 5.63. The molecule has 2 aromatic carbocycles. The lowest BCUT2D eigenvalue weighted by molar-refractivity contribution is -0.140. The summed E-state index contributed by atoms with van der Waals surface area (Å²) in [5.74, 6) is -2.13. The van der Waals surface area contributed by atoms with E-state index in [1.54, 1.807) is 24.3 Å². The normalized spacial score (nSPS) is 12.0. The van der Waals surface area contributed by atoms with Crippen molar-refractivity contribution in [2.75, 3.05) is 0 Å². The Morgan fingerprint density at radius 1 is 0.960 bits per heavy atom. The van der Waals surface area contributed by atoms with Gasteiger partial charge in [-0.2, -0.15) is 0 Å². The number of carboxylic acids is 1. The van der Waals surface area contributed by atoms with Gasteiger partial charge in [-0.05, 0) is 30.0 Å². The van der Waals surface area contributed by atoms with Crippen molar-refractivity contribution >= 4 is 11.9 Å². The van der Waals surface area contributed by atoms with Gasteiger partial charge in [0.15, 0.2) is 0 Å². The van der Waals surface area contributed by atoms with Crippen LogP contribution < -0.4 is 5.32 Å². The summed E-state index contributed by atoms with van der Waals surface area (Å²) in [7, 11) is 0. The Bertz CT molecular complexity index is 720. The first-order chi connectivity index (χ1) is 12.0. The third-order valence-corrected chi connectivity index (χ3v) is 3.81.